The minimum atomic E-state index is 0.0327. The Hall–Kier alpha value is -2.40. The number of nitrogens with two attached hydrogens (primary N) is 3. The van der Waals surface area contributed by atoms with Crippen molar-refractivity contribution in [1.29, 1.82) is 0 Å². The Morgan fingerprint density at radius 1 is 0.947 bits per heavy atom. The first-order valence-corrected chi connectivity index (χ1v) is 5.90. The number of hydrogen-bond donors (Lipinski definition) is 5. The predicted molar refractivity (Wildman–Crippen MR) is 77.6 cm³/mol. The second-order valence-electron chi connectivity index (χ2n) is 4.43. The third-order valence-corrected chi connectivity index (χ3v) is 2.92. The highest BCUT2D eigenvalue weighted by molar-refractivity contribution is 5.86. The summed E-state index contributed by atoms with van der Waals surface area (Å²) in [4.78, 5) is 0. The van der Waals surface area contributed by atoms with E-state index in [9.17, 15) is 5.11 Å². The van der Waals surface area contributed by atoms with Crippen LogP contribution in [-0.2, 0) is 6.42 Å². The molecule has 2 aromatic rings. The van der Waals surface area contributed by atoms with Gasteiger partial charge in [0.1, 0.15) is 5.75 Å². The van der Waals surface area contributed by atoms with Gasteiger partial charge in [0.2, 0.25) is 0 Å². The predicted octanol–water partition coefficient (Wildman–Crippen LogP) is 1.34. The van der Waals surface area contributed by atoms with E-state index in [-0.39, 0.29) is 12.4 Å². The van der Waals surface area contributed by atoms with Gasteiger partial charge in [0, 0.05) is 23.9 Å². The standard InChI is InChI=1S/C14H17N3O2/c15-10-5-9(6-11(19)7-10)12-3-8(1-2-18)4-13(16)14(12)17/h3-7,18-19H,1-2,15-17H2. The van der Waals surface area contributed by atoms with Crippen LogP contribution in [0.3, 0.4) is 0 Å². The second-order valence-corrected chi connectivity index (χ2v) is 4.43. The van der Waals surface area contributed by atoms with Crippen LogP contribution in [0.4, 0.5) is 17.1 Å². The van der Waals surface area contributed by atoms with E-state index >= 15 is 0 Å². The molecule has 2 rings (SSSR count). The number of anilines is 3. The monoisotopic (exact) mass is 259 g/mol. The number of benzene rings is 2. The van der Waals surface area contributed by atoms with Crippen molar-refractivity contribution < 1.29 is 10.2 Å². The van der Waals surface area contributed by atoms with Gasteiger partial charge < -0.3 is 27.4 Å². The number of phenols is 1. The van der Waals surface area contributed by atoms with Crippen molar-refractivity contribution in [3.63, 3.8) is 0 Å². The number of phenolic OH excluding ortho intramolecular Hbond substituents is 1. The molecule has 0 unspecified atom stereocenters. The first-order valence-electron chi connectivity index (χ1n) is 5.90. The topological polar surface area (TPSA) is 119 Å². The smallest absolute Gasteiger partial charge is 0.118 e. The largest absolute Gasteiger partial charge is 0.508 e. The molecule has 0 saturated carbocycles. The third kappa shape index (κ3) is 2.71. The Morgan fingerprint density at radius 2 is 1.68 bits per heavy atom. The van der Waals surface area contributed by atoms with E-state index < -0.39 is 0 Å². The third-order valence-electron chi connectivity index (χ3n) is 2.92. The molecule has 0 aliphatic rings. The fraction of sp³-hybridized carbons (Fsp3) is 0.143. The minimum Gasteiger partial charge on any atom is -0.508 e. The average molecular weight is 259 g/mol. The van der Waals surface area contributed by atoms with Crippen molar-refractivity contribution in [2.24, 2.45) is 0 Å². The summed E-state index contributed by atoms with van der Waals surface area (Å²) >= 11 is 0. The van der Waals surface area contributed by atoms with E-state index in [1.54, 1.807) is 18.2 Å². The van der Waals surface area contributed by atoms with Gasteiger partial charge in [0.15, 0.2) is 0 Å². The van der Waals surface area contributed by atoms with Gasteiger partial charge in [-0.1, -0.05) is 0 Å². The molecule has 0 amide bonds. The summed E-state index contributed by atoms with van der Waals surface area (Å²) in [6.45, 7) is 0.0327. The summed E-state index contributed by atoms with van der Waals surface area (Å²) in [7, 11) is 0. The zero-order valence-electron chi connectivity index (χ0n) is 10.4. The molecule has 0 fully saturated rings. The van der Waals surface area contributed by atoms with Gasteiger partial charge in [-0.15, -0.1) is 0 Å². The Morgan fingerprint density at radius 3 is 2.32 bits per heavy atom. The lowest BCUT2D eigenvalue weighted by Crippen LogP contribution is -2.01. The summed E-state index contributed by atoms with van der Waals surface area (Å²) in [6.07, 6.45) is 0.492. The Labute approximate surface area is 111 Å². The second kappa shape index (κ2) is 5.07. The lowest BCUT2D eigenvalue weighted by molar-refractivity contribution is 0.299. The molecule has 0 bridgehead atoms. The zero-order valence-corrected chi connectivity index (χ0v) is 10.4. The average Bonchev–Trinajstić information content (AvgIpc) is 2.32. The molecule has 0 saturated heterocycles. The SMILES string of the molecule is Nc1cc(O)cc(-c2cc(CCO)cc(N)c2N)c1. The van der Waals surface area contributed by atoms with Crippen molar-refractivity contribution >= 4 is 17.1 Å². The quantitative estimate of drug-likeness (QED) is 0.533. The van der Waals surface area contributed by atoms with Crippen LogP contribution in [-0.4, -0.2) is 16.8 Å². The number of aliphatic hydroxyl groups excluding tert-OH is 1. The fourth-order valence-corrected chi connectivity index (χ4v) is 2.04. The molecule has 5 heteroatoms. The van der Waals surface area contributed by atoms with Gasteiger partial charge in [-0.05, 0) is 41.8 Å². The molecule has 0 aliphatic heterocycles. The van der Waals surface area contributed by atoms with E-state index in [0.29, 0.717) is 34.6 Å². The maximum Gasteiger partial charge on any atom is 0.118 e. The van der Waals surface area contributed by atoms with E-state index in [0.717, 1.165) is 5.56 Å². The van der Waals surface area contributed by atoms with Crippen LogP contribution in [0, 0.1) is 0 Å². The molecule has 0 spiro atoms. The highest BCUT2D eigenvalue weighted by atomic mass is 16.3. The summed E-state index contributed by atoms with van der Waals surface area (Å²) in [6, 6.07) is 8.33. The number of hydrogen-bond acceptors (Lipinski definition) is 5. The van der Waals surface area contributed by atoms with Crippen molar-refractivity contribution in [2.45, 2.75) is 6.42 Å². The van der Waals surface area contributed by atoms with Crippen LogP contribution >= 0.6 is 0 Å². The lowest BCUT2D eigenvalue weighted by Gasteiger charge is -2.12. The normalized spacial score (nSPS) is 10.6. The zero-order chi connectivity index (χ0) is 14.0. The van der Waals surface area contributed by atoms with Crippen LogP contribution in [0.2, 0.25) is 0 Å². The van der Waals surface area contributed by atoms with Gasteiger partial charge in [-0.25, -0.2) is 0 Å². The van der Waals surface area contributed by atoms with Gasteiger partial charge >= 0.3 is 0 Å². The van der Waals surface area contributed by atoms with Crippen LogP contribution in [0.1, 0.15) is 5.56 Å². The van der Waals surface area contributed by atoms with Crippen molar-refractivity contribution in [2.75, 3.05) is 23.8 Å². The number of aromatic hydroxyl groups is 1. The van der Waals surface area contributed by atoms with Crippen LogP contribution in [0.5, 0.6) is 5.75 Å². The van der Waals surface area contributed by atoms with Crippen LogP contribution in [0.15, 0.2) is 30.3 Å². The molecule has 19 heavy (non-hydrogen) atoms. The number of rotatable bonds is 3. The molecule has 0 radical (unpaired) electrons. The van der Waals surface area contributed by atoms with E-state index in [1.165, 1.54) is 6.07 Å². The maximum absolute atomic E-state index is 9.60. The van der Waals surface area contributed by atoms with E-state index in [4.69, 9.17) is 22.3 Å². The van der Waals surface area contributed by atoms with Gasteiger partial charge in [0.05, 0.1) is 11.4 Å². The molecule has 0 aromatic heterocycles. The van der Waals surface area contributed by atoms with E-state index in [1.807, 2.05) is 6.07 Å². The lowest BCUT2D eigenvalue weighted by atomic mass is 9.98. The maximum atomic E-state index is 9.60. The van der Waals surface area contributed by atoms with Crippen molar-refractivity contribution in [3.8, 4) is 16.9 Å². The molecule has 2 aromatic carbocycles. The van der Waals surface area contributed by atoms with Crippen molar-refractivity contribution in [3.05, 3.63) is 35.9 Å². The summed E-state index contributed by atoms with van der Waals surface area (Å²) in [5.74, 6) is 0.0699. The van der Waals surface area contributed by atoms with Gasteiger partial charge in [-0.3, -0.25) is 0 Å². The number of nitrogen functional groups attached to an aromatic ring is 3. The minimum absolute atomic E-state index is 0.0327. The highest BCUT2D eigenvalue weighted by Crippen LogP contribution is 2.34. The van der Waals surface area contributed by atoms with Gasteiger partial charge in [0.25, 0.3) is 0 Å². The fourth-order valence-electron chi connectivity index (χ4n) is 2.04. The molecule has 0 aliphatic carbocycles. The number of aliphatic hydroxyl groups is 1. The van der Waals surface area contributed by atoms with Crippen molar-refractivity contribution in [1.82, 2.24) is 0 Å². The Kier molecular flexibility index (Phi) is 3.48. The summed E-state index contributed by atoms with van der Waals surface area (Å²) < 4.78 is 0. The Bertz CT molecular complexity index is 592. The highest BCUT2D eigenvalue weighted by Gasteiger charge is 2.10. The molecule has 8 N–H and O–H groups in total. The summed E-state index contributed by atoms with van der Waals surface area (Å²) in [5.41, 5.74) is 21.1. The molecule has 0 atom stereocenters. The Balaban J connectivity index is 2.59. The summed E-state index contributed by atoms with van der Waals surface area (Å²) in [5, 5.41) is 18.6. The van der Waals surface area contributed by atoms with E-state index in [2.05, 4.69) is 0 Å². The van der Waals surface area contributed by atoms with Crippen LogP contribution in [0.25, 0.3) is 11.1 Å². The molecule has 5 nitrogen and oxygen atoms in total. The van der Waals surface area contributed by atoms with Crippen LogP contribution < -0.4 is 17.2 Å². The first-order chi connectivity index (χ1) is 9.01. The molecular weight excluding hydrogens is 242 g/mol. The molecular formula is C14H17N3O2. The van der Waals surface area contributed by atoms with Gasteiger partial charge in [-0.2, -0.15) is 0 Å². The first kappa shape index (κ1) is 13.0. The molecule has 0 heterocycles. The molecule has 100 valence electrons.